The first-order valence-electron chi connectivity index (χ1n) is 10.4. The van der Waals surface area contributed by atoms with Gasteiger partial charge in [0.05, 0.1) is 13.3 Å². The van der Waals surface area contributed by atoms with Crippen LogP contribution in [0.5, 0.6) is 11.5 Å². The van der Waals surface area contributed by atoms with Gasteiger partial charge in [-0.25, -0.2) is 10.0 Å². The highest BCUT2D eigenvalue weighted by Gasteiger charge is 2.19. The summed E-state index contributed by atoms with van der Waals surface area (Å²) < 4.78 is 29.1. The van der Waals surface area contributed by atoms with Gasteiger partial charge in [0, 0.05) is 13.6 Å². The van der Waals surface area contributed by atoms with Gasteiger partial charge in [0.1, 0.15) is 17.3 Å². The first kappa shape index (κ1) is 26.1. The van der Waals surface area contributed by atoms with Crippen molar-refractivity contribution in [2.45, 2.75) is 12.3 Å². The van der Waals surface area contributed by atoms with Crippen LogP contribution in [0.4, 0.5) is 0 Å². The molecule has 0 bridgehead atoms. The van der Waals surface area contributed by atoms with Gasteiger partial charge in [-0.15, -0.1) is 0 Å². The molecule has 180 valence electrons. The van der Waals surface area contributed by atoms with Gasteiger partial charge in [0.2, 0.25) is 15.1 Å². The molecule has 0 spiro atoms. The predicted octanol–water partition coefficient (Wildman–Crippen LogP) is 5.30. The fourth-order valence-electron chi connectivity index (χ4n) is 2.99. The molecule has 8 nitrogen and oxygen atoms in total. The number of nitrogens with one attached hydrogen (secondary N) is 1. The molecule has 0 aliphatic rings. The number of hydrazone groups is 1. The van der Waals surface area contributed by atoms with Crippen molar-refractivity contribution in [3.05, 3.63) is 95.6 Å². The lowest BCUT2D eigenvalue weighted by molar-refractivity contribution is -0.131. The summed E-state index contributed by atoms with van der Waals surface area (Å²) in [5, 5.41) is 16.5. The molecule has 2 N–H and O–H groups in total. The van der Waals surface area contributed by atoms with Crippen LogP contribution in [-0.2, 0) is 27.6 Å². The van der Waals surface area contributed by atoms with Gasteiger partial charge in [-0.1, -0.05) is 42.5 Å². The third-order valence-corrected chi connectivity index (χ3v) is 8.14. The Kier molecular flexibility index (Phi) is 10.3. The summed E-state index contributed by atoms with van der Waals surface area (Å²) in [5.41, 5.74) is 2.64. The van der Waals surface area contributed by atoms with Crippen molar-refractivity contribution in [2.24, 2.45) is 5.10 Å². The second-order valence-corrected chi connectivity index (χ2v) is 11.0. The molecule has 3 unspecified atom stereocenters. The molecule has 0 saturated heterocycles. The smallest absolute Gasteiger partial charge is 0.244 e. The number of hydrogen-bond acceptors (Lipinski definition) is 8. The van der Waals surface area contributed by atoms with E-state index in [1.54, 1.807) is 49.4 Å². The van der Waals surface area contributed by atoms with E-state index in [1.165, 1.54) is 0 Å². The second-order valence-electron chi connectivity index (χ2n) is 7.19. The molecule has 0 aliphatic heterocycles. The molecule has 0 heterocycles. The minimum absolute atomic E-state index is 0.472. The molecule has 3 aromatic carbocycles. The van der Waals surface area contributed by atoms with Crippen molar-refractivity contribution in [2.75, 3.05) is 14.2 Å². The maximum atomic E-state index is 12.3. The van der Waals surface area contributed by atoms with E-state index in [-0.39, 0.29) is 0 Å². The number of rotatable bonds is 12. The van der Waals surface area contributed by atoms with E-state index >= 15 is 0 Å². The summed E-state index contributed by atoms with van der Waals surface area (Å²) in [6.07, 6.45) is 1.71. The zero-order chi connectivity index (χ0) is 24.3. The summed E-state index contributed by atoms with van der Waals surface area (Å²) in [6, 6.07) is 24.2. The Labute approximate surface area is 205 Å². The molecule has 34 heavy (non-hydrogen) atoms. The lowest BCUT2D eigenvalue weighted by Crippen LogP contribution is -2.18. The predicted molar refractivity (Wildman–Crippen MR) is 140 cm³/mol. The molecule has 0 amide bonds. The van der Waals surface area contributed by atoms with Gasteiger partial charge in [-0.05, 0) is 64.9 Å². The Hall–Kier alpha value is -2.51. The molecule has 0 aliphatic carbocycles. The summed E-state index contributed by atoms with van der Waals surface area (Å²) in [4.78, 5) is 0. The van der Waals surface area contributed by atoms with E-state index in [2.05, 4.69) is 15.1 Å². The minimum atomic E-state index is -2.77. The Morgan fingerprint density at radius 2 is 1.71 bits per heavy atom. The molecular formula is C23H27N3O5P2S. The number of nitrogens with zero attached hydrogens (tertiary/aromatic N) is 2. The van der Waals surface area contributed by atoms with Crippen LogP contribution in [0.2, 0.25) is 0 Å². The highest BCUT2D eigenvalue weighted by molar-refractivity contribution is 8.02. The molecule has 0 saturated carbocycles. The zero-order valence-corrected chi connectivity index (χ0v) is 21.6. The van der Waals surface area contributed by atoms with Gasteiger partial charge < -0.3 is 9.26 Å². The first-order chi connectivity index (χ1) is 16.5. The van der Waals surface area contributed by atoms with E-state index in [0.29, 0.717) is 17.9 Å². The summed E-state index contributed by atoms with van der Waals surface area (Å²) >= 11 is 5.50. The lowest BCUT2D eigenvalue weighted by atomic mass is 10.2. The number of methoxy groups -OCH3 is 1. The van der Waals surface area contributed by atoms with Crippen LogP contribution >= 0.6 is 15.1 Å². The largest absolute Gasteiger partial charge is 0.497 e. The normalized spacial score (nSPS) is 13.9. The molecule has 0 fully saturated rings. The topological polar surface area (TPSA) is 92.6 Å². The van der Waals surface area contributed by atoms with Crippen molar-refractivity contribution >= 4 is 33.1 Å². The molecule has 3 atom stereocenters. The molecule has 11 heteroatoms. The van der Waals surface area contributed by atoms with Crippen molar-refractivity contribution < 1.29 is 23.8 Å². The van der Waals surface area contributed by atoms with Crippen LogP contribution in [-0.4, -0.2) is 30.4 Å². The van der Waals surface area contributed by atoms with Crippen molar-refractivity contribution in [1.29, 1.82) is 0 Å². The van der Waals surface area contributed by atoms with E-state index in [0.717, 1.165) is 16.9 Å². The molecule has 3 rings (SSSR count). The fraction of sp³-hybridized carbons (Fsp3) is 0.174. The van der Waals surface area contributed by atoms with E-state index in [9.17, 15) is 4.57 Å². The molecular weight excluding hydrogens is 492 g/mol. The van der Waals surface area contributed by atoms with Crippen LogP contribution in [0.1, 0.15) is 22.5 Å². The summed E-state index contributed by atoms with van der Waals surface area (Å²) in [6.45, 7) is 0.472. The van der Waals surface area contributed by atoms with Gasteiger partial charge in [0.25, 0.3) is 0 Å². The Balaban J connectivity index is 1.60. The quantitative estimate of drug-likeness (QED) is 0.144. The molecule has 0 aromatic heterocycles. The maximum Gasteiger partial charge on any atom is 0.244 e. The minimum Gasteiger partial charge on any atom is -0.497 e. The number of hydrogen-bond donors (Lipinski definition) is 2. The van der Waals surface area contributed by atoms with Gasteiger partial charge in [0.15, 0.2) is 0 Å². The standard InChI is InChI=1S/C23H27N3O5P2S/c1-26(25-17-19-8-12-21(29-2)13-9-19)33(34)30-22-14-10-20(11-15-22)23(32(28)31-27)24-16-18-6-4-3-5-7-18/h3-15,17,23-24,27,32-33H,16H2,1-2H3/b25-17+. The second kappa shape index (κ2) is 13.4. The van der Waals surface area contributed by atoms with Crippen LogP contribution in [0, 0.1) is 0 Å². The van der Waals surface area contributed by atoms with Crippen molar-refractivity contribution in [3.63, 3.8) is 0 Å². The Morgan fingerprint density at radius 3 is 2.32 bits per heavy atom. The lowest BCUT2D eigenvalue weighted by Gasteiger charge is -2.19. The van der Waals surface area contributed by atoms with E-state index in [1.807, 2.05) is 54.6 Å². The highest BCUT2D eigenvalue weighted by Crippen LogP contribution is 2.40. The third-order valence-electron chi connectivity index (χ3n) is 4.86. The highest BCUT2D eigenvalue weighted by atomic mass is 32.4. The van der Waals surface area contributed by atoms with Gasteiger partial charge >= 0.3 is 0 Å². The van der Waals surface area contributed by atoms with Crippen LogP contribution < -0.4 is 14.6 Å². The number of ether oxygens (including phenoxy) is 1. The Bertz CT molecular complexity index is 1120. The monoisotopic (exact) mass is 519 g/mol. The van der Waals surface area contributed by atoms with Crippen molar-refractivity contribution in [1.82, 2.24) is 10.1 Å². The SMILES string of the molecule is COc1ccc(/C=N/N(C)[PH](=S)Oc2ccc(C(NCc3ccccc3)[PH](=O)OO)cc2)cc1. The van der Waals surface area contributed by atoms with Crippen LogP contribution in [0.3, 0.4) is 0 Å². The van der Waals surface area contributed by atoms with Gasteiger partial charge in [-0.2, -0.15) is 9.78 Å². The van der Waals surface area contributed by atoms with Crippen LogP contribution in [0.15, 0.2) is 84.0 Å². The molecule has 3 aromatic rings. The Morgan fingerprint density at radius 1 is 1.06 bits per heavy atom. The van der Waals surface area contributed by atoms with E-state index < -0.39 is 20.9 Å². The zero-order valence-electron chi connectivity index (χ0n) is 18.8. The van der Waals surface area contributed by atoms with Gasteiger partial charge in [-0.3, -0.25) is 9.88 Å². The van der Waals surface area contributed by atoms with Crippen molar-refractivity contribution in [3.8, 4) is 11.5 Å². The summed E-state index contributed by atoms with van der Waals surface area (Å²) in [7, 11) is -1.23. The van der Waals surface area contributed by atoms with E-state index in [4.69, 9.17) is 26.3 Å². The molecule has 0 radical (unpaired) electrons. The average molecular weight is 520 g/mol. The fourth-order valence-corrected chi connectivity index (χ4v) is 4.88. The maximum absolute atomic E-state index is 12.3. The summed E-state index contributed by atoms with van der Waals surface area (Å²) in [5.74, 6) is 0.693. The average Bonchev–Trinajstić information content (AvgIpc) is 2.88. The third kappa shape index (κ3) is 7.77. The van der Waals surface area contributed by atoms with Crippen LogP contribution in [0.25, 0.3) is 0 Å². The number of benzene rings is 3. The first-order valence-corrected chi connectivity index (χ1v) is 14.2.